The lowest BCUT2D eigenvalue weighted by atomic mass is 9.95. The van der Waals surface area contributed by atoms with Gasteiger partial charge in [-0.15, -0.1) is 11.3 Å². The van der Waals surface area contributed by atoms with Gasteiger partial charge in [0.2, 0.25) is 11.8 Å². The molecule has 4 aromatic rings. The van der Waals surface area contributed by atoms with Crippen LogP contribution in [-0.2, 0) is 16.0 Å². The number of rotatable bonds is 9. The molecule has 36 heavy (non-hydrogen) atoms. The fourth-order valence-electron chi connectivity index (χ4n) is 3.91. The van der Waals surface area contributed by atoms with Crippen LogP contribution in [0.2, 0.25) is 0 Å². The molecule has 0 radical (unpaired) electrons. The van der Waals surface area contributed by atoms with Crippen molar-refractivity contribution in [3.8, 4) is 28.3 Å². The molecule has 184 valence electrons. The van der Waals surface area contributed by atoms with Crippen LogP contribution in [0.3, 0.4) is 0 Å². The molecular formula is C27H24FN3O4S. The zero-order chi connectivity index (χ0) is 25.7. The van der Waals surface area contributed by atoms with E-state index in [4.69, 9.17) is 4.74 Å². The standard InChI is InChI=1S/C27H24FN3O4S/c1-31(26(34)19(13-25(32)33)12-17-6-4-3-5-7-17)27-30-23(16-36-27)22-14-20(28)9-10-21(22)18-8-11-24(35-2)29-15-18/h3-11,14-16,19H,12-13H2,1-2H3,(H,32,33)/t19-/m1/s1. The number of ether oxygens (including phenoxy) is 1. The van der Waals surface area contributed by atoms with Crippen LogP contribution < -0.4 is 9.64 Å². The number of thiazole rings is 1. The molecule has 1 atom stereocenters. The number of hydrogen-bond acceptors (Lipinski definition) is 6. The molecule has 0 bridgehead atoms. The summed E-state index contributed by atoms with van der Waals surface area (Å²) in [6, 6.07) is 17.3. The zero-order valence-corrected chi connectivity index (χ0v) is 20.5. The minimum Gasteiger partial charge on any atom is -0.481 e. The van der Waals surface area contributed by atoms with Gasteiger partial charge < -0.3 is 9.84 Å². The van der Waals surface area contributed by atoms with E-state index < -0.39 is 17.7 Å². The second-order valence-electron chi connectivity index (χ2n) is 8.18. The molecule has 2 heterocycles. The number of carboxylic acid groups (broad SMARTS) is 1. The highest BCUT2D eigenvalue weighted by Crippen LogP contribution is 2.35. The molecule has 7 nitrogen and oxygen atoms in total. The Kier molecular flexibility index (Phi) is 7.70. The molecule has 0 saturated carbocycles. The summed E-state index contributed by atoms with van der Waals surface area (Å²) < 4.78 is 19.3. The van der Waals surface area contributed by atoms with Gasteiger partial charge in [0.1, 0.15) is 5.82 Å². The number of aromatic nitrogens is 2. The number of anilines is 1. The SMILES string of the molecule is COc1ccc(-c2ccc(F)cc2-c2csc(N(C)C(=O)[C@@H](CC(=O)O)Cc3ccccc3)n2)cn1. The van der Waals surface area contributed by atoms with Crippen molar-refractivity contribution < 1.29 is 23.8 Å². The number of aliphatic carboxylic acids is 1. The van der Waals surface area contributed by atoms with E-state index in [2.05, 4.69) is 9.97 Å². The number of carbonyl (C=O) groups excluding carboxylic acids is 1. The third-order valence-electron chi connectivity index (χ3n) is 5.72. The molecule has 9 heteroatoms. The minimum atomic E-state index is -1.05. The third kappa shape index (κ3) is 5.75. The Hall–Kier alpha value is -4.11. The van der Waals surface area contributed by atoms with Gasteiger partial charge in [-0.25, -0.2) is 14.4 Å². The largest absolute Gasteiger partial charge is 0.481 e. The van der Waals surface area contributed by atoms with Crippen LogP contribution in [0.5, 0.6) is 5.88 Å². The summed E-state index contributed by atoms with van der Waals surface area (Å²) in [7, 11) is 3.10. The van der Waals surface area contributed by atoms with Gasteiger partial charge in [0.15, 0.2) is 5.13 Å². The Morgan fingerprint density at radius 1 is 1.11 bits per heavy atom. The normalized spacial score (nSPS) is 11.6. The van der Waals surface area contributed by atoms with Gasteiger partial charge in [0.05, 0.1) is 25.1 Å². The Balaban J connectivity index is 1.62. The van der Waals surface area contributed by atoms with Crippen molar-refractivity contribution in [3.05, 3.63) is 83.6 Å². The van der Waals surface area contributed by atoms with Crippen LogP contribution in [0.4, 0.5) is 9.52 Å². The summed E-state index contributed by atoms with van der Waals surface area (Å²) in [5.74, 6) is -2.10. The number of carboxylic acids is 1. The fourth-order valence-corrected chi connectivity index (χ4v) is 4.70. The Morgan fingerprint density at radius 3 is 2.56 bits per heavy atom. The van der Waals surface area contributed by atoms with Gasteiger partial charge in [-0.2, -0.15) is 0 Å². The second kappa shape index (κ2) is 11.1. The summed E-state index contributed by atoms with van der Waals surface area (Å²) in [5.41, 5.74) is 3.41. The molecule has 0 spiro atoms. The number of halogens is 1. The van der Waals surface area contributed by atoms with E-state index in [1.165, 1.54) is 35.5 Å². The number of nitrogens with zero attached hydrogens (tertiary/aromatic N) is 3. The van der Waals surface area contributed by atoms with Crippen molar-refractivity contribution in [1.82, 2.24) is 9.97 Å². The molecule has 0 fully saturated rings. The lowest BCUT2D eigenvalue weighted by Crippen LogP contribution is -2.35. The van der Waals surface area contributed by atoms with Crippen LogP contribution in [0.15, 0.2) is 72.2 Å². The third-order valence-corrected chi connectivity index (χ3v) is 6.64. The van der Waals surface area contributed by atoms with Crippen LogP contribution in [0.25, 0.3) is 22.4 Å². The van der Waals surface area contributed by atoms with Gasteiger partial charge in [-0.3, -0.25) is 14.5 Å². The second-order valence-corrected chi connectivity index (χ2v) is 9.01. The van der Waals surface area contributed by atoms with Gasteiger partial charge >= 0.3 is 5.97 Å². The lowest BCUT2D eigenvalue weighted by molar-refractivity contribution is -0.140. The van der Waals surface area contributed by atoms with Crippen LogP contribution >= 0.6 is 11.3 Å². The summed E-state index contributed by atoms with van der Waals surface area (Å²) in [6.07, 6.45) is 1.64. The lowest BCUT2D eigenvalue weighted by Gasteiger charge is -2.21. The zero-order valence-electron chi connectivity index (χ0n) is 19.7. The van der Waals surface area contributed by atoms with Crippen molar-refractivity contribution in [1.29, 1.82) is 0 Å². The number of hydrogen-bond donors (Lipinski definition) is 1. The maximum absolute atomic E-state index is 14.2. The number of carbonyl (C=O) groups is 2. The van der Waals surface area contributed by atoms with E-state index in [-0.39, 0.29) is 12.3 Å². The maximum Gasteiger partial charge on any atom is 0.304 e. The molecule has 0 saturated heterocycles. The topological polar surface area (TPSA) is 92.6 Å². The Labute approximate surface area is 211 Å². The first-order valence-corrected chi connectivity index (χ1v) is 12.0. The Bertz CT molecular complexity index is 1360. The average molecular weight is 506 g/mol. The van der Waals surface area contributed by atoms with Gasteiger partial charge in [0, 0.05) is 35.8 Å². The van der Waals surface area contributed by atoms with E-state index in [0.29, 0.717) is 28.7 Å². The molecule has 0 aliphatic rings. The quantitative estimate of drug-likeness (QED) is 0.331. The fraction of sp³-hybridized carbons (Fsp3) is 0.185. The maximum atomic E-state index is 14.2. The van der Waals surface area contributed by atoms with Gasteiger partial charge in [-0.05, 0) is 35.7 Å². The van der Waals surface area contributed by atoms with Gasteiger partial charge in [0.25, 0.3) is 0 Å². The molecule has 2 aromatic heterocycles. The number of benzene rings is 2. The summed E-state index contributed by atoms with van der Waals surface area (Å²) >= 11 is 1.23. The van der Waals surface area contributed by atoms with Crippen molar-refractivity contribution in [3.63, 3.8) is 0 Å². The van der Waals surface area contributed by atoms with Crippen molar-refractivity contribution >= 4 is 28.3 Å². The summed E-state index contributed by atoms with van der Waals surface area (Å²) in [5, 5.41) is 11.5. The van der Waals surface area contributed by atoms with Crippen molar-refractivity contribution in [2.75, 3.05) is 19.1 Å². The predicted molar refractivity (Wildman–Crippen MR) is 137 cm³/mol. The number of methoxy groups -OCH3 is 1. The molecule has 0 unspecified atom stereocenters. The van der Waals surface area contributed by atoms with E-state index in [9.17, 15) is 19.1 Å². The van der Waals surface area contributed by atoms with Crippen LogP contribution in [0.1, 0.15) is 12.0 Å². The molecule has 4 rings (SSSR count). The first kappa shape index (κ1) is 25.0. The average Bonchev–Trinajstić information content (AvgIpc) is 3.38. The highest BCUT2D eigenvalue weighted by atomic mass is 32.1. The van der Waals surface area contributed by atoms with Gasteiger partial charge in [-0.1, -0.05) is 36.4 Å². The molecule has 1 amide bonds. The minimum absolute atomic E-state index is 0.297. The molecule has 1 N–H and O–H groups in total. The van der Waals surface area contributed by atoms with Crippen LogP contribution in [-0.4, -0.2) is 41.1 Å². The molecule has 0 aliphatic heterocycles. The number of pyridine rings is 1. The highest BCUT2D eigenvalue weighted by Gasteiger charge is 2.27. The van der Waals surface area contributed by atoms with E-state index >= 15 is 0 Å². The first-order chi connectivity index (χ1) is 17.4. The first-order valence-electron chi connectivity index (χ1n) is 11.1. The highest BCUT2D eigenvalue weighted by molar-refractivity contribution is 7.14. The summed E-state index contributed by atoms with van der Waals surface area (Å²) in [6.45, 7) is 0. The molecular weight excluding hydrogens is 481 g/mol. The van der Waals surface area contributed by atoms with E-state index in [1.54, 1.807) is 30.8 Å². The van der Waals surface area contributed by atoms with Crippen LogP contribution in [0, 0.1) is 11.7 Å². The summed E-state index contributed by atoms with van der Waals surface area (Å²) in [4.78, 5) is 34.9. The Morgan fingerprint density at radius 2 is 1.89 bits per heavy atom. The predicted octanol–water partition coefficient (Wildman–Crippen LogP) is 5.32. The smallest absolute Gasteiger partial charge is 0.304 e. The number of amides is 1. The van der Waals surface area contributed by atoms with E-state index in [1.807, 2.05) is 36.4 Å². The molecule has 2 aromatic carbocycles. The molecule has 0 aliphatic carbocycles. The monoisotopic (exact) mass is 505 g/mol. The van der Waals surface area contributed by atoms with E-state index in [0.717, 1.165) is 16.7 Å². The van der Waals surface area contributed by atoms with Crippen molar-refractivity contribution in [2.24, 2.45) is 5.92 Å². The van der Waals surface area contributed by atoms with Crippen molar-refractivity contribution in [2.45, 2.75) is 12.8 Å².